The van der Waals surface area contributed by atoms with Gasteiger partial charge in [-0.1, -0.05) is 18.2 Å². The summed E-state index contributed by atoms with van der Waals surface area (Å²) in [6, 6.07) is 9.18. The molecule has 1 aliphatic rings. The van der Waals surface area contributed by atoms with Gasteiger partial charge in [0.15, 0.2) is 5.69 Å². The second-order valence-electron chi connectivity index (χ2n) is 5.00. The summed E-state index contributed by atoms with van der Waals surface area (Å²) in [6.45, 7) is 0. The fourth-order valence-corrected chi connectivity index (χ4v) is 3.55. The molecular weight excluding hydrogens is 304 g/mol. The number of para-hydroxylation sites is 1. The third-order valence-electron chi connectivity index (χ3n) is 3.50. The van der Waals surface area contributed by atoms with Gasteiger partial charge in [0, 0.05) is 5.75 Å². The van der Waals surface area contributed by atoms with Gasteiger partial charge in [0.1, 0.15) is 5.54 Å². The Kier molecular flexibility index (Phi) is 3.84. The first kappa shape index (κ1) is 14.6. The van der Waals surface area contributed by atoms with Crippen molar-refractivity contribution in [3.05, 3.63) is 42.2 Å². The molecule has 1 amide bonds. The molecule has 2 heterocycles. The van der Waals surface area contributed by atoms with Crippen molar-refractivity contribution >= 4 is 23.6 Å². The SMILES string of the molecule is O=C(NC1(C(=O)O)CCSC1)c1cnn(-c2ccccc2)n1. The van der Waals surface area contributed by atoms with Gasteiger partial charge in [-0.15, -0.1) is 5.10 Å². The van der Waals surface area contributed by atoms with Gasteiger partial charge in [-0.05, 0) is 24.3 Å². The van der Waals surface area contributed by atoms with E-state index >= 15 is 0 Å². The number of thioether (sulfide) groups is 1. The highest BCUT2D eigenvalue weighted by Gasteiger charge is 2.43. The number of carbonyl (C=O) groups is 2. The van der Waals surface area contributed by atoms with Gasteiger partial charge in [0.05, 0.1) is 11.9 Å². The summed E-state index contributed by atoms with van der Waals surface area (Å²) >= 11 is 1.51. The number of aromatic nitrogens is 3. The van der Waals surface area contributed by atoms with Crippen LogP contribution < -0.4 is 5.32 Å². The smallest absolute Gasteiger partial charge is 0.330 e. The van der Waals surface area contributed by atoms with Gasteiger partial charge >= 0.3 is 5.97 Å². The zero-order valence-electron chi connectivity index (χ0n) is 11.6. The number of hydrogen-bond acceptors (Lipinski definition) is 5. The van der Waals surface area contributed by atoms with E-state index in [0.29, 0.717) is 17.9 Å². The van der Waals surface area contributed by atoms with Crippen LogP contribution in [0, 0.1) is 0 Å². The summed E-state index contributed by atoms with van der Waals surface area (Å²) in [5.41, 5.74) is -0.384. The van der Waals surface area contributed by atoms with Crippen molar-refractivity contribution in [2.45, 2.75) is 12.0 Å². The molecule has 2 aromatic rings. The molecule has 8 heteroatoms. The molecule has 1 aliphatic heterocycles. The van der Waals surface area contributed by atoms with Gasteiger partial charge in [-0.25, -0.2) is 4.79 Å². The summed E-state index contributed by atoms with van der Waals surface area (Å²) in [5.74, 6) is -0.460. The average Bonchev–Trinajstić information content (AvgIpc) is 3.18. The molecule has 1 unspecified atom stereocenters. The van der Waals surface area contributed by atoms with E-state index in [1.165, 1.54) is 22.8 Å². The minimum Gasteiger partial charge on any atom is -0.479 e. The van der Waals surface area contributed by atoms with E-state index in [0.717, 1.165) is 5.69 Å². The summed E-state index contributed by atoms with van der Waals surface area (Å²) in [5, 5.41) is 20.1. The van der Waals surface area contributed by atoms with Crippen LogP contribution in [0.15, 0.2) is 36.5 Å². The van der Waals surface area contributed by atoms with Gasteiger partial charge in [0.2, 0.25) is 0 Å². The largest absolute Gasteiger partial charge is 0.479 e. The van der Waals surface area contributed by atoms with Crippen LogP contribution in [0.3, 0.4) is 0 Å². The van der Waals surface area contributed by atoms with Crippen molar-refractivity contribution < 1.29 is 14.7 Å². The number of hydrogen-bond donors (Lipinski definition) is 2. The maximum absolute atomic E-state index is 12.3. The van der Waals surface area contributed by atoms with Gasteiger partial charge in [-0.3, -0.25) is 4.79 Å². The molecule has 1 aromatic carbocycles. The average molecular weight is 318 g/mol. The molecule has 0 bridgehead atoms. The summed E-state index contributed by atoms with van der Waals surface area (Å²) in [7, 11) is 0. The number of carbonyl (C=O) groups excluding carboxylic acids is 1. The molecule has 114 valence electrons. The lowest BCUT2D eigenvalue weighted by atomic mass is 9.99. The van der Waals surface area contributed by atoms with E-state index in [4.69, 9.17) is 0 Å². The molecule has 0 aliphatic carbocycles. The van der Waals surface area contributed by atoms with Crippen molar-refractivity contribution in [3.8, 4) is 5.69 Å². The number of carboxylic acids is 1. The van der Waals surface area contributed by atoms with Gasteiger partial charge < -0.3 is 10.4 Å². The number of nitrogens with one attached hydrogen (secondary N) is 1. The van der Waals surface area contributed by atoms with Crippen LogP contribution in [-0.4, -0.2) is 49.0 Å². The zero-order valence-corrected chi connectivity index (χ0v) is 12.4. The van der Waals surface area contributed by atoms with E-state index in [1.807, 2.05) is 30.3 Å². The molecule has 1 aromatic heterocycles. The summed E-state index contributed by atoms with van der Waals surface area (Å²) in [4.78, 5) is 25.0. The maximum Gasteiger partial charge on any atom is 0.330 e. The molecule has 0 radical (unpaired) electrons. The highest BCUT2D eigenvalue weighted by Crippen LogP contribution is 2.28. The second kappa shape index (κ2) is 5.80. The Balaban J connectivity index is 1.79. The van der Waals surface area contributed by atoms with Crippen molar-refractivity contribution in [1.29, 1.82) is 0 Å². The Labute approximate surface area is 130 Å². The fraction of sp³-hybridized carbons (Fsp3) is 0.286. The normalized spacial score (nSPS) is 20.7. The molecule has 1 saturated heterocycles. The highest BCUT2D eigenvalue weighted by molar-refractivity contribution is 7.99. The van der Waals surface area contributed by atoms with Crippen LogP contribution in [0.25, 0.3) is 5.69 Å². The van der Waals surface area contributed by atoms with E-state index in [9.17, 15) is 14.7 Å². The molecule has 3 rings (SSSR count). The van der Waals surface area contributed by atoms with E-state index < -0.39 is 17.4 Å². The Morgan fingerprint density at radius 1 is 1.32 bits per heavy atom. The van der Waals surface area contributed by atoms with E-state index in [1.54, 1.807) is 0 Å². The minimum atomic E-state index is -1.21. The number of rotatable bonds is 4. The van der Waals surface area contributed by atoms with Crippen molar-refractivity contribution in [3.63, 3.8) is 0 Å². The Hall–Kier alpha value is -2.35. The van der Waals surface area contributed by atoms with Crippen LogP contribution in [0.5, 0.6) is 0 Å². The molecule has 22 heavy (non-hydrogen) atoms. The van der Waals surface area contributed by atoms with Gasteiger partial charge in [0.25, 0.3) is 5.91 Å². The Morgan fingerprint density at radius 2 is 2.09 bits per heavy atom. The van der Waals surface area contributed by atoms with Crippen LogP contribution in [0.1, 0.15) is 16.9 Å². The molecule has 7 nitrogen and oxygen atoms in total. The van der Waals surface area contributed by atoms with E-state index in [2.05, 4.69) is 15.5 Å². The van der Waals surface area contributed by atoms with E-state index in [-0.39, 0.29) is 5.69 Å². The number of nitrogens with zero attached hydrogens (tertiary/aromatic N) is 3. The zero-order chi connectivity index (χ0) is 15.6. The molecule has 0 spiro atoms. The highest BCUT2D eigenvalue weighted by atomic mass is 32.2. The molecule has 1 atom stereocenters. The third kappa shape index (κ3) is 2.69. The van der Waals surface area contributed by atoms with Crippen LogP contribution in [0.2, 0.25) is 0 Å². The first-order valence-corrected chi connectivity index (χ1v) is 7.88. The lowest BCUT2D eigenvalue weighted by Gasteiger charge is -2.23. The molecule has 2 N–H and O–H groups in total. The van der Waals surface area contributed by atoms with Gasteiger partial charge in [-0.2, -0.15) is 21.7 Å². The second-order valence-corrected chi connectivity index (χ2v) is 6.10. The fourth-order valence-electron chi connectivity index (χ4n) is 2.22. The predicted molar refractivity (Wildman–Crippen MR) is 81.1 cm³/mol. The quantitative estimate of drug-likeness (QED) is 0.871. The first-order valence-electron chi connectivity index (χ1n) is 6.72. The topological polar surface area (TPSA) is 97.1 Å². The van der Waals surface area contributed by atoms with Crippen molar-refractivity contribution in [2.24, 2.45) is 0 Å². The Morgan fingerprint density at radius 3 is 2.73 bits per heavy atom. The third-order valence-corrected chi connectivity index (χ3v) is 4.69. The van der Waals surface area contributed by atoms with Crippen LogP contribution in [-0.2, 0) is 4.79 Å². The molecular formula is C14H14N4O3S. The minimum absolute atomic E-state index is 0.0985. The maximum atomic E-state index is 12.3. The van der Waals surface area contributed by atoms with Crippen molar-refractivity contribution in [2.75, 3.05) is 11.5 Å². The Bertz CT molecular complexity index is 695. The molecule has 0 saturated carbocycles. The molecule has 1 fully saturated rings. The monoisotopic (exact) mass is 318 g/mol. The lowest BCUT2D eigenvalue weighted by molar-refractivity contribution is -0.143. The van der Waals surface area contributed by atoms with Crippen molar-refractivity contribution in [1.82, 2.24) is 20.3 Å². The number of amides is 1. The summed E-state index contributed by atoms with van der Waals surface area (Å²) in [6.07, 6.45) is 1.74. The van der Waals surface area contributed by atoms with Crippen LogP contribution >= 0.6 is 11.8 Å². The lowest BCUT2D eigenvalue weighted by Crippen LogP contribution is -2.54. The predicted octanol–water partition coefficient (Wildman–Crippen LogP) is 0.957. The number of benzene rings is 1. The summed E-state index contributed by atoms with van der Waals surface area (Å²) < 4.78 is 0. The van der Waals surface area contributed by atoms with Crippen LogP contribution in [0.4, 0.5) is 0 Å². The number of carboxylic acid groups (broad SMARTS) is 1. The standard InChI is InChI=1S/C14H14N4O3S/c19-12(16-14(13(20)21)6-7-22-9-14)11-8-15-18(17-11)10-4-2-1-3-5-10/h1-5,8H,6-7,9H2,(H,16,19)(H,20,21). The number of aliphatic carboxylic acids is 1. The first-order chi connectivity index (χ1) is 10.6.